The second-order valence-electron chi connectivity index (χ2n) is 8.05. The number of nitrogens with one attached hydrogen (secondary N) is 1. The lowest BCUT2D eigenvalue weighted by Crippen LogP contribution is -2.36. The van der Waals surface area contributed by atoms with Gasteiger partial charge in [-0.25, -0.2) is 0 Å². The van der Waals surface area contributed by atoms with Gasteiger partial charge >= 0.3 is 0 Å². The first-order valence-corrected chi connectivity index (χ1v) is 11.9. The summed E-state index contributed by atoms with van der Waals surface area (Å²) in [5.41, 5.74) is 7.36. The van der Waals surface area contributed by atoms with Gasteiger partial charge in [-0.15, -0.1) is 11.3 Å². The molecule has 2 aromatic carbocycles. The Balaban J connectivity index is 1.50. The standard InChI is InChI=1S/C23H24BrN3O4S/c24-17-8-16-19(9-18(17)29)32-23(20(16)21(25)30)26-22(31)15-5-3-13(4-6-15)10-27-7-1-2-14(11-27)12-28/h3-6,8-9,14,28-29H,1-2,7,10-12H2,(H2,25,30)(H,26,31). The van der Waals surface area contributed by atoms with E-state index in [1.54, 1.807) is 18.2 Å². The van der Waals surface area contributed by atoms with E-state index in [1.807, 2.05) is 12.1 Å². The number of rotatable bonds is 6. The lowest BCUT2D eigenvalue weighted by Gasteiger charge is -2.31. The first kappa shape index (κ1) is 22.7. The van der Waals surface area contributed by atoms with Crippen LogP contribution in [-0.4, -0.2) is 46.6 Å². The molecule has 2 heterocycles. The van der Waals surface area contributed by atoms with Gasteiger partial charge in [0.1, 0.15) is 10.8 Å². The lowest BCUT2D eigenvalue weighted by molar-refractivity contribution is 0.100. The zero-order chi connectivity index (χ0) is 22.8. The monoisotopic (exact) mass is 517 g/mol. The Morgan fingerprint density at radius 1 is 1.25 bits per heavy atom. The van der Waals surface area contributed by atoms with E-state index in [1.165, 1.54) is 17.4 Å². The van der Waals surface area contributed by atoms with Gasteiger partial charge in [0.2, 0.25) is 0 Å². The van der Waals surface area contributed by atoms with Crippen LogP contribution < -0.4 is 11.1 Å². The largest absolute Gasteiger partial charge is 0.507 e. The maximum absolute atomic E-state index is 12.8. The number of aliphatic hydroxyl groups is 1. The molecule has 9 heteroatoms. The van der Waals surface area contributed by atoms with Gasteiger partial charge in [-0.2, -0.15) is 0 Å². The Kier molecular flexibility index (Phi) is 6.80. The number of nitrogens with zero attached hydrogens (tertiary/aromatic N) is 1. The molecule has 1 fully saturated rings. The summed E-state index contributed by atoms with van der Waals surface area (Å²) in [6, 6.07) is 10.5. The normalized spacial score (nSPS) is 16.9. The highest BCUT2D eigenvalue weighted by atomic mass is 79.9. The van der Waals surface area contributed by atoms with Crippen LogP contribution in [0.15, 0.2) is 40.9 Å². The fourth-order valence-corrected chi connectivity index (χ4v) is 5.54. The van der Waals surface area contributed by atoms with Crippen molar-refractivity contribution in [3.63, 3.8) is 0 Å². The van der Waals surface area contributed by atoms with Crippen molar-refractivity contribution >= 4 is 54.2 Å². The Morgan fingerprint density at radius 3 is 2.69 bits per heavy atom. The highest BCUT2D eigenvalue weighted by Gasteiger charge is 2.21. The molecule has 0 bridgehead atoms. The molecule has 1 unspecified atom stereocenters. The quantitative estimate of drug-likeness (QED) is 0.395. The Hall–Kier alpha value is -2.46. The number of likely N-dealkylation sites (tertiary alicyclic amines) is 1. The average molecular weight is 518 g/mol. The van der Waals surface area contributed by atoms with Crippen molar-refractivity contribution < 1.29 is 19.8 Å². The minimum atomic E-state index is -0.651. The molecule has 0 radical (unpaired) electrons. The van der Waals surface area contributed by atoms with Crippen LogP contribution in [0, 0.1) is 5.92 Å². The van der Waals surface area contributed by atoms with Gasteiger partial charge in [0, 0.05) is 35.3 Å². The van der Waals surface area contributed by atoms with Gasteiger partial charge in [0.15, 0.2) is 0 Å². The Morgan fingerprint density at radius 2 is 2.00 bits per heavy atom. The van der Waals surface area contributed by atoms with Crippen molar-refractivity contribution in [2.75, 3.05) is 25.0 Å². The molecule has 7 nitrogen and oxygen atoms in total. The molecule has 1 atom stereocenters. The molecule has 3 aromatic rings. The SMILES string of the molecule is NC(=O)c1c(NC(=O)c2ccc(CN3CCCC(CO)C3)cc2)sc2cc(O)c(Br)cc12. The number of fused-ring (bicyclic) bond motifs is 1. The van der Waals surface area contributed by atoms with Gasteiger partial charge in [-0.3, -0.25) is 14.5 Å². The molecule has 0 spiro atoms. The molecular weight excluding hydrogens is 494 g/mol. The number of thiophene rings is 1. The first-order valence-electron chi connectivity index (χ1n) is 10.3. The maximum Gasteiger partial charge on any atom is 0.256 e. The fraction of sp³-hybridized carbons (Fsp3) is 0.304. The van der Waals surface area contributed by atoms with Gasteiger partial charge in [-0.05, 0) is 71.1 Å². The molecular formula is C23H24BrN3O4S. The summed E-state index contributed by atoms with van der Waals surface area (Å²) in [5, 5.41) is 23.0. The molecule has 32 heavy (non-hydrogen) atoms. The molecule has 1 aliphatic rings. The number of hydrogen-bond acceptors (Lipinski definition) is 6. The zero-order valence-electron chi connectivity index (χ0n) is 17.3. The summed E-state index contributed by atoms with van der Waals surface area (Å²) in [6.45, 7) is 2.88. The van der Waals surface area contributed by atoms with Crippen LogP contribution in [0.4, 0.5) is 5.00 Å². The highest BCUT2D eigenvalue weighted by molar-refractivity contribution is 9.10. The zero-order valence-corrected chi connectivity index (χ0v) is 19.7. The van der Waals surface area contributed by atoms with Gasteiger partial charge < -0.3 is 21.3 Å². The molecule has 1 saturated heterocycles. The summed E-state index contributed by atoms with van der Waals surface area (Å²) in [5.74, 6) is -0.617. The predicted octanol–water partition coefficient (Wildman–Crippen LogP) is 3.92. The van der Waals surface area contributed by atoms with Gasteiger partial charge in [-0.1, -0.05) is 12.1 Å². The van der Waals surface area contributed by atoms with E-state index in [2.05, 4.69) is 26.1 Å². The minimum absolute atomic E-state index is 0.0438. The summed E-state index contributed by atoms with van der Waals surface area (Å²) in [7, 11) is 0. The second kappa shape index (κ2) is 9.58. The lowest BCUT2D eigenvalue weighted by atomic mass is 9.98. The summed E-state index contributed by atoms with van der Waals surface area (Å²) in [6.07, 6.45) is 2.14. The van der Waals surface area contributed by atoms with Crippen LogP contribution in [0.2, 0.25) is 0 Å². The van der Waals surface area contributed by atoms with Crippen LogP contribution in [0.5, 0.6) is 5.75 Å². The highest BCUT2D eigenvalue weighted by Crippen LogP contribution is 2.40. The third-order valence-corrected chi connectivity index (χ3v) is 7.42. The third-order valence-electron chi connectivity index (χ3n) is 5.71. The number of nitrogens with two attached hydrogens (primary N) is 1. The van der Waals surface area contributed by atoms with Crippen LogP contribution >= 0.6 is 27.3 Å². The van der Waals surface area contributed by atoms with E-state index >= 15 is 0 Å². The molecule has 1 aromatic heterocycles. The van der Waals surface area contributed by atoms with Crippen LogP contribution in [0.3, 0.4) is 0 Å². The number of anilines is 1. The van der Waals surface area contributed by atoms with Crippen molar-refractivity contribution in [2.45, 2.75) is 19.4 Å². The number of amides is 2. The number of benzene rings is 2. The van der Waals surface area contributed by atoms with Gasteiger partial charge in [0.25, 0.3) is 11.8 Å². The van der Waals surface area contributed by atoms with Crippen molar-refractivity contribution in [3.05, 3.63) is 57.6 Å². The Bertz CT molecular complexity index is 1160. The van der Waals surface area contributed by atoms with Crippen LogP contribution in [0.1, 0.15) is 39.1 Å². The smallest absolute Gasteiger partial charge is 0.256 e. The Labute approximate surface area is 198 Å². The molecule has 168 valence electrons. The number of halogens is 1. The van der Waals surface area contributed by atoms with E-state index in [-0.39, 0.29) is 23.8 Å². The number of primary amides is 1. The van der Waals surface area contributed by atoms with Crippen molar-refractivity contribution in [1.29, 1.82) is 0 Å². The van der Waals surface area contributed by atoms with Crippen molar-refractivity contribution in [1.82, 2.24) is 4.90 Å². The number of phenolic OH excluding ortho intramolecular Hbond substituents is 1. The summed E-state index contributed by atoms with van der Waals surface area (Å²) in [4.78, 5) is 27.2. The second-order valence-corrected chi connectivity index (χ2v) is 9.95. The minimum Gasteiger partial charge on any atom is -0.507 e. The van der Waals surface area contributed by atoms with Gasteiger partial charge in [0.05, 0.1) is 10.0 Å². The summed E-state index contributed by atoms with van der Waals surface area (Å²) < 4.78 is 1.09. The number of hydrogen-bond donors (Lipinski definition) is 4. The fourth-order valence-electron chi connectivity index (χ4n) is 4.08. The third kappa shape index (κ3) is 4.80. The number of carbonyl (C=O) groups is 2. The number of aromatic hydroxyl groups is 1. The molecule has 1 aliphatic heterocycles. The number of aliphatic hydroxyl groups excluding tert-OH is 1. The number of phenols is 1. The van der Waals surface area contributed by atoms with E-state index in [0.29, 0.717) is 31.0 Å². The average Bonchev–Trinajstić information content (AvgIpc) is 3.11. The van der Waals surface area contributed by atoms with E-state index in [9.17, 15) is 19.8 Å². The van der Waals surface area contributed by atoms with Crippen LogP contribution in [-0.2, 0) is 6.54 Å². The predicted molar refractivity (Wildman–Crippen MR) is 129 cm³/mol. The first-order chi connectivity index (χ1) is 15.4. The molecule has 2 amide bonds. The maximum atomic E-state index is 12.8. The number of piperidine rings is 1. The molecule has 0 saturated carbocycles. The molecule has 5 N–H and O–H groups in total. The number of carbonyl (C=O) groups excluding carboxylic acids is 2. The van der Waals surface area contributed by atoms with E-state index in [4.69, 9.17) is 5.73 Å². The summed E-state index contributed by atoms with van der Waals surface area (Å²) >= 11 is 4.43. The van der Waals surface area contributed by atoms with Crippen LogP contribution in [0.25, 0.3) is 10.1 Å². The van der Waals surface area contributed by atoms with E-state index < -0.39 is 5.91 Å². The molecule has 4 rings (SSSR count). The van der Waals surface area contributed by atoms with E-state index in [0.717, 1.165) is 38.0 Å². The van der Waals surface area contributed by atoms with Crippen molar-refractivity contribution in [3.8, 4) is 5.75 Å². The van der Waals surface area contributed by atoms with Crippen molar-refractivity contribution in [2.24, 2.45) is 11.7 Å². The topological polar surface area (TPSA) is 116 Å². The molecule has 0 aliphatic carbocycles.